The van der Waals surface area contributed by atoms with Crippen molar-refractivity contribution in [3.63, 3.8) is 0 Å². The zero-order valence-corrected chi connectivity index (χ0v) is 41.8. The van der Waals surface area contributed by atoms with Gasteiger partial charge < -0.3 is 49.2 Å². The second-order valence-electron chi connectivity index (χ2n) is 20.1. The Morgan fingerprint density at radius 1 is 0.864 bits per heavy atom. The number of nitrogens with one attached hydrogen (secondary N) is 1. The fraction of sp³-hybridized carbons (Fsp3) is 0.769. The summed E-state index contributed by atoms with van der Waals surface area (Å²) in [6.07, 6.45) is 13.4. The van der Waals surface area contributed by atoms with Crippen LogP contribution >= 0.6 is 0 Å². The number of ether oxygens (including phenoxy) is 5. The molecule has 2 saturated heterocycles. The first-order valence-corrected chi connectivity index (χ1v) is 24.6. The first kappa shape index (κ1) is 55.5. The van der Waals surface area contributed by atoms with Gasteiger partial charge in [-0.1, -0.05) is 71.1 Å². The third kappa shape index (κ3) is 14.5. The third-order valence-electron chi connectivity index (χ3n) is 15.1. The molecule has 3 aliphatic heterocycles. The molecule has 0 aromatic carbocycles. The molecule has 4 aliphatic rings. The second-order valence-corrected chi connectivity index (χ2v) is 20.1. The first-order chi connectivity index (χ1) is 31.3. The molecule has 374 valence electrons. The lowest BCUT2D eigenvalue weighted by molar-refractivity contribution is -0.265. The zero-order valence-electron chi connectivity index (χ0n) is 41.8. The number of fused-ring (bicyclic) bond motifs is 3. The molecule has 66 heavy (non-hydrogen) atoms. The Kier molecular flexibility index (Phi) is 21.9. The third-order valence-corrected chi connectivity index (χ3v) is 15.1. The Morgan fingerprint density at radius 3 is 2.26 bits per heavy atom. The smallest absolute Gasteiger partial charge is 0.329 e. The van der Waals surface area contributed by atoms with Crippen molar-refractivity contribution in [3.05, 3.63) is 47.6 Å². The lowest BCUT2D eigenvalue weighted by Crippen LogP contribution is -2.61. The number of esters is 1. The summed E-state index contributed by atoms with van der Waals surface area (Å²) in [5, 5.41) is 37.5. The largest absolute Gasteiger partial charge is 0.460 e. The molecule has 0 radical (unpaired) electrons. The Hall–Kier alpha value is -3.08. The number of hydrogen-bond donors (Lipinski definition) is 4. The maximum atomic E-state index is 14.5. The number of nitrogens with zero attached hydrogens (tertiary/aromatic N) is 1. The van der Waals surface area contributed by atoms with Gasteiger partial charge in [0.1, 0.15) is 24.4 Å². The van der Waals surface area contributed by atoms with Gasteiger partial charge in [0.05, 0.1) is 24.4 Å². The number of carbonyl (C=O) groups is 4. The van der Waals surface area contributed by atoms with Gasteiger partial charge >= 0.3 is 5.97 Å². The number of amides is 1. The van der Waals surface area contributed by atoms with E-state index in [4.69, 9.17) is 23.7 Å². The summed E-state index contributed by atoms with van der Waals surface area (Å²) in [6.45, 7) is 13.5. The van der Waals surface area contributed by atoms with Crippen molar-refractivity contribution in [2.45, 2.75) is 186 Å². The Balaban J connectivity index is 1.72. The lowest BCUT2D eigenvalue weighted by atomic mass is 9.78. The summed E-state index contributed by atoms with van der Waals surface area (Å²) in [6, 6.07) is -1.30. The van der Waals surface area contributed by atoms with Crippen molar-refractivity contribution in [1.82, 2.24) is 10.2 Å². The number of ketones is 2. The minimum atomic E-state index is -2.39. The fourth-order valence-corrected chi connectivity index (χ4v) is 10.7. The molecule has 7 unspecified atom stereocenters. The van der Waals surface area contributed by atoms with E-state index in [1.54, 1.807) is 28.1 Å². The van der Waals surface area contributed by atoms with Crippen LogP contribution < -0.4 is 5.32 Å². The van der Waals surface area contributed by atoms with Crippen LogP contribution in [0.15, 0.2) is 47.6 Å². The van der Waals surface area contributed by atoms with E-state index in [1.165, 1.54) is 12.0 Å². The number of allylic oxidation sites excluding steroid dienone is 5. The lowest BCUT2D eigenvalue weighted by Gasteiger charge is -2.43. The molecule has 3 heterocycles. The van der Waals surface area contributed by atoms with Gasteiger partial charge in [-0.25, -0.2) is 4.79 Å². The Labute approximate surface area is 394 Å². The average molecular weight is 929 g/mol. The van der Waals surface area contributed by atoms with Crippen LogP contribution in [0.25, 0.3) is 0 Å². The molecule has 14 nitrogen and oxygen atoms in total. The summed E-state index contributed by atoms with van der Waals surface area (Å²) in [4.78, 5) is 58.2. The van der Waals surface area contributed by atoms with Gasteiger partial charge in [0.2, 0.25) is 5.79 Å². The molecule has 1 saturated carbocycles. The molecule has 4 N–H and O–H groups in total. The highest BCUT2D eigenvalue weighted by Gasteiger charge is 2.53. The molecule has 1 aliphatic carbocycles. The maximum Gasteiger partial charge on any atom is 0.329 e. The normalized spacial score (nSPS) is 38.5. The van der Waals surface area contributed by atoms with Crippen LogP contribution in [-0.2, 0) is 42.9 Å². The van der Waals surface area contributed by atoms with E-state index < -0.39 is 72.0 Å². The van der Waals surface area contributed by atoms with E-state index in [0.717, 1.165) is 12.0 Å². The molecule has 2 bridgehead atoms. The summed E-state index contributed by atoms with van der Waals surface area (Å²) < 4.78 is 29.8. The minimum Gasteiger partial charge on any atom is -0.460 e. The molecule has 14 heteroatoms. The van der Waals surface area contributed by atoms with Crippen LogP contribution in [0, 0.1) is 35.5 Å². The number of aliphatic hydroxyl groups is 3. The van der Waals surface area contributed by atoms with Crippen molar-refractivity contribution in [2.75, 3.05) is 34.9 Å². The second kappa shape index (κ2) is 26.1. The van der Waals surface area contributed by atoms with Crippen molar-refractivity contribution in [2.24, 2.45) is 35.5 Å². The van der Waals surface area contributed by atoms with E-state index >= 15 is 0 Å². The predicted molar refractivity (Wildman–Crippen MR) is 253 cm³/mol. The average Bonchev–Trinajstić information content (AvgIpc) is 3.30. The van der Waals surface area contributed by atoms with Gasteiger partial charge in [-0.2, -0.15) is 0 Å². The van der Waals surface area contributed by atoms with Crippen LogP contribution in [0.3, 0.4) is 0 Å². The van der Waals surface area contributed by atoms with Crippen LogP contribution in [0.5, 0.6) is 0 Å². The van der Waals surface area contributed by atoms with E-state index in [-0.39, 0.29) is 54.1 Å². The Bertz CT molecular complexity index is 1730. The number of Topliss-reactive ketones (excluding diaryl/α,β-unsaturated/α-hetero) is 2. The summed E-state index contributed by atoms with van der Waals surface area (Å²) >= 11 is 0. The van der Waals surface area contributed by atoms with E-state index in [0.29, 0.717) is 76.2 Å². The highest BCUT2D eigenvalue weighted by Crippen LogP contribution is 2.38. The van der Waals surface area contributed by atoms with Gasteiger partial charge in [0.25, 0.3) is 11.7 Å². The highest BCUT2D eigenvalue weighted by atomic mass is 16.6. The van der Waals surface area contributed by atoms with Crippen molar-refractivity contribution < 1.29 is 58.2 Å². The molecule has 4 rings (SSSR count). The molecule has 1 amide bonds. The summed E-state index contributed by atoms with van der Waals surface area (Å²) in [5.74, 6) is -6.41. The molecule has 0 spiro atoms. The van der Waals surface area contributed by atoms with Gasteiger partial charge in [-0.3, -0.25) is 14.4 Å². The number of hydrogen-bond acceptors (Lipinski definition) is 13. The first-order valence-electron chi connectivity index (χ1n) is 24.6. The highest BCUT2D eigenvalue weighted by molar-refractivity contribution is 6.39. The zero-order chi connectivity index (χ0) is 48.9. The predicted octanol–water partition coefficient (Wildman–Crippen LogP) is 6.20. The molecular formula is C52H84N2O12. The van der Waals surface area contributed by atoms with Gasteiger partial charge in [-0.15, -0.1) is 0 Å². The van der Waals surface area contributed by atoms with E-state index in [2.05, 4.69) is 5.32 Å². The molecule has 0 aromatic rings. The molecule has 16 atom stereocenters. The fourth-order valence-electron chi connectivity index (χ4n) is 10.7. The number of aliphatic hydroxyl groups excluding tert-OH is 2. The Morgan fingerprint density at radius 2 is 1.59 bits per heavy atom. The molecule has 3 fully saturated rings. The monoisotopic (exact) mass is 929 g/mol. The molecule has 0 aromatic heterocycles. The number of rotatable bonds is 7. The molecular weight excluding hydrogens is 845 g/mol. The van der Waals surface area contributed by atoms with Crippen LogP contribution in [0.4, 0.5) is 0 Å². The van der Waals surface area contributed by atoms with Crippen molar-refractivity contribution >= 4 is 23.4 Å². The topological polar surface area (TPSA) is 190 Å². The number of piperidine rings is 1. The SMILES string of the molecule is CNC1CC([C@H](C)CC2CC[C@@H](O)[C@H](OC)C2)OC(=O)C2CCCCN2C(=O)C(=O)[C@]2(O)O[C@@H](CC[C@H]2C)C[C@H](OC)C(C)=CC=CC=CC(C)CC(C)C(=O)[C@H](OC)C(O)C(C)=C[C@H]1C. The maximum absolute atomic E-state index is 14.5. The number of methoxy groups -OCH3 is 3. The number of carbonyl (C=O) groups excluding carboxylic acids is 4. The number of cyclic esters (lactones) is 1. The van der Waals surface area contributed by atoms with Crippen molar-refractivity contribution in [1.29, 1.82) is 0 Å². The van der Waals surface area contributed by atoms with E-state index in [9.17, 15) is 34.5 Å². The summed E-state index contributed by atoms with van der Waals surface area (Å²) in [5.41, 5.74) is 1.48. The minimum absolute atomic E-state index is 0.0552. The summed E-state index contributed by atoms with van der Waals surface area (Å²) in [7, 11) is 6.47. The van der Waals surface area contributed by atoms with Crippen molar-refractivity contribution in [3.8, 4) is 0 Å². The van der Waals surface area contributed by atoms with E-state index in [1.807, 2.05) is 78.1 Å². The standard InChI is InChI=1S/C52H84N2O12/c1-31-17-13-12-14-18-32(2)43(62-9)29-39-22-20-37(7)52(61,66-39)49(58)50(59)54-24-16-15-19-41(54)51(60)65-44(34(4)27-38-21-23-42(55)45(28-38)63-10)30-40(53-8)33(3)26-36(6)47(57)48(64-11)46(56)35(5)25-31/h12-14,17-18,26,31,33-35,37-45,47-48,53,55,57,61H,15-16,19-25,27-30H2,1-11H3/t31?,33-,34-,35?,37-,38?,39+,40?,41?,42-,43+,44?,45-,47?,48+,52-/m1/s1. The van der Waals surface area contributed by atoms with Crippen LogP contribution in [-0.4, -0.2) is 139 Å². The van der Waals surface area contributed by atoms with Gasteiger partial charge in [-0.05, 0) is 120 Å². The van der Waals surface area contributed by atoms with Gasteiger partial charge in [0, 0.05) is 58.6 Å². The quantitative estimate of drug-likeness (QED) is 0.128. The van der Waals surface area contributed by atoms with Gasteiger partial charge in [0.15, 0.2) is 5.78 Å². The van der Waals surface area contributed by atoms with Crippen LogP contribution in [0.1, 0.15) is 126 Å². The van der Waals surface area contributed by atoms with Crippen LogP contribution in [0.2, 0.25) is 0 Å².